The zero-order valence-corrected chi connectivity index (χ0v) is 61.2. The second-order valence-electron chi connectivity index (χ2n) is 26.6. The van der Waals surface area contributed by atoms with Crippen molar-refractivity contribution in [3.63, 3.8) is 0 Å². The van der Waals surface area contributed by atoms with Crippen molar-refractivity contribution in [3.8, 4) is 91.5 Å². The van der Waals surface area contributed by atoms with Gasteiger partial charge in [0.1, 0.15) is 46.0 Å². The van der Waals surface area contributed by atoms with Gasteiger partial charge < -0.3 is 54.6 Å². The first-order chi connectivity index (χ1) is 48.7. The average Bonchev–Trinajstić information content (AvgIpc) is 1.60. The molecule has 15 heteroatoms. The predicted molar refractivity (Wildman–Crippen MR) is 398 cm³/mol. The van der Waals surface area contributed by atoms with E-state index in [4.69, 9.17) is 64.6 Å². The van der Waals surface area contributed by atoms with Gasteiger partial charge in [0.05, 0.1) is 29.7 Å². The van der Waals surface area contributed by atoms with Crippen LogP contribution in [0, 0.1) is 0 Å². The summed E-state index contributed by atoms with van der Waals surface area (Å²) in [5, 5.41) is 2.86. The summed E-state index contributed by atoms with van der Waals surface area (Å²) in [5.41, 5.74) is 14.6. The van der Waals surface area contributed by atoms with Crippen LogP contribution in [-0.2, 0) is 50.0 Å². The van der Waals surface area contributed by atoms with Gasteiger partial charge in [0.25, 0.3) is 0 Å². The summed E-state index contributed by atoms with van der Waals surface area (Å²) in [6.07, 6.45) is 30.0. The van der Waals surface area contributed by atoms with E-state index in [2.05, 4.69) is 69.3 Å². The quantitative estimate of drug-likeness (QED) is 0.0297. The summed E-state index contributed by atoms with van der Waals surface area (Å²) in [6.45, 7) is 6.79. The van der Waals surface area contributed by atoms with Crippen molar-refractivity contribution in [1.82, 2.24) is 39.9 Å². The molecule has 0 aliphatic carbocycles. The van der Waals surface area contributed by atoms with Gasteiger partial charge >= 0.3 is 19.5 Å². The van der Waals surface area contributed by atoms with Gasteiger partial charge in [-0.25, -0.2) is 9.97 Å². The Bertz CT molecular complexity index is 4670. The van der Waals surface area contributed by atoms with E-state index in [9.17, 15) is 4.79 Å². The molecule has 1 amide bonds. The molecule has 2 aliphatic rings. The number of amides is 1. The maximum Gasteiger partial charge on any atom is 2.00 e. The molecule has 8 aromatic carbocycles. The Morgan fingerprint density at radius 3 is 0.900 bits per heavy atom. The van der Waals surface area contributed by atoms with Crippen LogP contribution in [0.5, 0.6) is 46.0 Å². The minimum atomic E-state index is -0.408. The van der Waals surface area contributed by atoms with Crippen LogP contribution in [0.25, 0.3) is 89.7 Å². The van der Waals surface area contributed by atoms with Gasteiger partial charge in [0.2, 0.25) is 5.91 Å². The van der Waals surface area contributed by atoms with E-state index in [1.165, 1.54) is 152 Å². The summed E-state index contributed by atoms with van der Waals surface area (Å²) in [4.78, 5) is 54.1. The maximum absolute atomic E-state index is 11.7. The van der Waals surface area contributed by atoms with Gasteiger partial charge in [-0.1, -0.05) is 185 Å². The van der Waals surface area contributed by atoms with Crippen LogP contribution in [0.15, 0.2) is 170 Å². The molecule has 8 bridgehead atoms. The molecular weight excluding hydrogens is 1290 g/mol. The SMILES string of the molecule is CCCCCCCCCc1ccc(Oc2ccc3c(c2)-c2nc-3nc3[n-]c(nc4nc(nc5[n-]c(n2)c2ccc(Oc6ccc(CCCCCCCCC)cc6)cc52)-c2ccc(Oc5ccc(CC(N)=O)cc5)cc2-4)c2ccc(Oc4ccc(CCCCCCCCC)cc4)cc32)cc1.[Zn+2]. The van der Waals surface area contributed by atoms with Gasteiger partial charge in [-0.15, -0.1) is 0 Å². The van der Waals surface area contributed by atoms with Crippen LogP contribution in [0.1, 0.15) is 178 Å². The third-order valence-corrected chi connectivity index (χ3v) is 18.8. The van der Waals surface area contributed by atoms with Crippen LogP contribution in [0.2, 0.25) is 0 Å². The van der Waals surface area contributed by atoms with E-state index in [0.29, 0.717) is 102 Å². The van der Waals surface area contributed by atoms with Gasteiger partial charge in [-0.05, 0) is 204 Å². The largest absolute Gasteiger partial charge is 2.00 e. The Kier molecular flexibility index (Phi) is 24.2. The number of hydrogen-bond acceptors (Lipinski definition) is 11. The molecule has 13 rings (SSSR count). The molecule has 14 nitrogen and oxygen atoms in total. The monoisotopic (exact) mass is 1380 g/mol. The number of ether oxygens (including phenoxy) is 4. The van der Waals surface area contributed by atoms with Gasteiger partial charge in [0.15, 0.2) is 0 Å². The van der Waals surface area contributed by atoms with E-state index in [1.807, 2.05) is 121 Å². The summed E-state index contributed by atoms with van der Waals surface area (Å²) in [5.74, 6) is 6.25. The number of nitrogens with two attached hydrogens (primary N) is 1. The molecule has 11 aromatic rings. The van der Waals surface area contributed by atoms with Crippen molar-refractivity contribution in [2.24, 2.45) is 5.73 Å². The molecule has 100 heavy (non-hydrogen) atoms. The summed E-state index contributed by atoms with van der Waals surface area (Å²) < 4.78 is 26.4. The molecule has 0 fully saturated rings. The fourth-order valence-electron chi connectivity index (χ4n) is 13.3. The molecule has 0 radical (unpaired) electrons. The van der Waals surface area contributed by atoms with Crippen molar-refractivity contribution in [1.29, 1.82) is 0 Å². The fraction of sp³-hybridized carbons (Fsp3) is 0.329. The van der Waals surface area contributed by atoms with Crippen LogP contribution in [0.4, 0.5) is 0 Å². The Balaban J connectivity index is 0.00000948. The van der Waals surface area contributed by atoms with Crippen LogP contribution >= 0.6 is 0 Å². The van der Waals surface area contributed by atoms with Crippen molar-refractivity contribution in [3.05, 3.63) is 192 Å². The molecule has 0 saturated carbocycles. The Morgan fingerprint density at radius 1 is 0.300 bits per heavy atom. The van der Waals surface area contributed by atoms with Crippen molar-refractivity contribution >= 4 is 50.0 Å². The molecule has 506 valence electrons. The van der Waals surface area contributed by atoms with Crippen molar-refractivity contribution in [2.45, 2.75) is 181 Å². The minimum Gasteiger partial charge on any atom is -0.457 e. The third-order valence-electron chi connectivity index (χ3n) is 18.8. The molecule has 5 heterocycles. The van der Waals surface area contributed by atoms with E-state index in [-0.39, 0.29) is 25.9 Å². The predicted octanol–water partition coefficient (Wildman–Crippen LogP) is 22.2. The molecular formula is C85H89N9O5Zn. The maximum atomic E-state index is 11.7. The summed E-state index contributed by atoms with van der Waals surface area (Å²) in [6, 6.07) is 56.0. The number of rotatable bonds is 34. The first-order valence-corrected chi connectivity index (χ1v) is 36.3. The van der Waals surface area contributed by atoms with E-state index in [0.717, 1.165) is 58.4 Å². The normalized spacial score (nSPS) is 11.6. The second kappa shape index (κ2) is 34.5. The molecule has 0 saturated heterocycles. The zero-order valence-electron chi connectivity index (χ0n) is 58.2. The average molecular weight is 1380 g/mol. The third kappa shape index (κ3) is 18.1. The summed E-state index contributed by atoms with van der Waals surface area (Å²) in [7, 11) is 0. The fourth-order valence-corrected chi connectivity index (χ4v) is 13.3. The number of primary amides is 1. The first kappa shape index (κ1) is 70.3. The number of benzene rings is 8. The summed E-state index contributed by atoms with van der Waals surface area (Å²) >= 11 is 0. The molecule has 0 unspecified atom stereocenters. The van der Waals surface area contributed by atoms with Gasteiger partial charge in [-0.3, -0.25) is 4.79 Å². The van der Waals surface area contributed by atoms with E-state index < -0.39 is 5.91 Å². The Morgan fingerprint density at radius 2 is 0.570 bits per heavy atom. The Hall–Kier alpha value is -9.59. The standard InChI is InChI=1S/C85H90N9O5.Zn/c1-4-7-10-13-16-19-22-25-57-28-36-61(37-29-57)96-65-44-48-69-73(53-65)82-87-78(69)89-83-75-55-67(98-63-40-32-59(33-41-63)27-24-21-18-15-12-9-6-3)46-50-71(75)80(91-83)93-85-76-56-68(99-64-42-34-60(35-43-64)52-77(86)95)47-51-72(76)81(94-85)92-84-74-54-66(45-49-70(74)79(88-82)90-84)97-62-38-30-58(31-39-62)26-23-20-17-14-11-8-5-2;/h28-51,53-56H,4-27,52H2,1-3H3,(H3-,86,87,88,89,90,91,92,93,94,95);/q-1;+2/p-1. The minimum absolute atomic E-state index is 0. The number of carbonyl (C=O) groups excluding carboxylic acids is 1. The number of hydrogen-bond donors (Lipinski definition) is 1. The van der Waals surface area contributed by atoms with Crippen LogP contribution < -0.4 is 34.6 Å². The molecule has 0 atom stereocenters. The van der Waals surface area contributed by atoms with Crippen molar-refractivity contribution < 1.29 is 43.2 Å². The zero-order chi connectivity index (χ0) is 67.7. The van der Waals surface area contributed by atoms with Crippen LogP contribution in [0.3, 0.4) is 0 Å². The number of aromatic nitrogens is 8. The smallest absolute Gasteiger partial charge is 0.457 e. The van der Waals surface area contributed by atoms with Gasteiger partial charge in [0, 0.05) is 44.8 Å². The topological polar surface area (TPSA) is 186 Å². The molecule has 0 spiro atoms. The van der Waals surface area contributed by atoms with E-state index in [1.54, 1.807) is 0 Å². The molecule has 2 N–H and O–H groups in total. The van der Waals surface area contributed by atoms with Gasteiger partial charge in [-0.2, -0.15) is 0 Å². The number of carbonyl (C=O) groups is 1. The Labute approximate surface area is 600 Å². The number of aryl methyl sites for hydroxylation is 3. The first-order valence-electron chi connectivity index (χ1n) is 36.3. The number of fused-ring (bicyclic) bond motifs is 20. The van der Waals surface area contributed by atoms with Crippen LogP contribution in [-0.4, -0.2) is 35.8 Å². The second-order valence-corrected chi connectivity index (χ2v) is 26.6. The molecule has 2 aliphatic heterocycles. The number of nitrogens with zero attached hydrogens (tertiary/aromatic N) is 8. The van der Waals surface area contributed by atoms with Crippen molar-refractivity contribution in [2.75, 3.05) is 0 Å². The number of unbranched alkanes of at least 4 members (excludes halogenated alkanes) is 18. The molecule has 3 aromatic heterocycles. The van der Waals surface area contributed by atoms with E-state index >= 15 is 0 Å².